The molecule has 1 amide bonds. The average molecular weight is 374 g/mol. The SMILES string of the molecule is Cc1cccc(C(=O)N2C[C@H]3CCC[C@@]3(c3noc(-c4ccccc4)n3)C2)n1. The normalized spacial score (nSPS) is 23.8. The molecule has 0 unspecified atom stereocenters. The molecule has 3 heterocycles. The maximum absolute atomic E-state index is 13.0. The Kier molecular flexibility index (Phi) is 4.00. The number of carbonyl (C=O) groups is 1. The van der Waals surface area contributed by atoms with Gasteiger partial charge in [-0.15, -0.1) is 0 Å². The molecule has 2 fully saturated rings. The minimum Gasteiger partial charge on any atom is -0.336 e. The highest BCUT2D eigenvalue weighted by molar-refractivity contribution is 5.92. The molecular weight excluding hydrogens is 352 g/mol. The van der Waals surface area contributed by atoms with Crippen molar-refractivity contribution >= 4 is 5.91 Å². The smallest absolute Gasteiger partial charge is 0.272 e. The van der Waals surface area contributed by atoms with E-state index in [2.05, 4.69) is 10.1 Å². The first-order chi connectivity index (χ1) is 13.7. The quantitative estimate of drug-likeness (QED) is 0.700. The van der Waals surface area contributed by atoms with Crippen molar-refractivity contribution in [3.05, 3.63) is 65.7 Å². The number of aromatic nitrogens is 3. The van der Waals surface area contributed by atoms with Crippen LogP contribution in [-0.2, 0) is 5.41 Å². The van der Waals surface area contributed by atoms with Gasteiger partial charge >= 0.3 is 0 Å². The summed E-state index contributed by atoms with van der Waals surface area (Å²) in [5.41, 5.74) is 2.07. The first-order valence-electron chi connectivity index (χ1n) is 9.78. The summed E-state index contributed by atoms with van der Waals surface area (Å²) in [6.45, 7) is 3.25. The second kappa shape index (κ2) is 6.55. The summed E-state index contributed by atoms with van der Waals surface area (Å²) < 4.78 is 5.59. The zero-order chi connectivity index (χ0) is 19.1. The van der Waals surface area contributed by atoms with E-state index in [1.54, 1.807) is 6.07 Å². The van der Waals surface area contributed by atoms with Crippen molar-refractivity contribution < 1.29 is 9.32 Å². The monoisotopic (exact) mass is 374 g/mol. The van der Waals surface area contributed by atoms with E-state index in [-0.39, 0.29) is 11.3 Å². The van der Waals surface area contributed by atoms with Crippen LogP contribution in [0.1, 0.15) is 41.3 Å². The number of benzene rings is 1. The van der Waals surface area contributed by atoms with Crippen molar-refractivity contribution in [3.8, 4) is 11.5 Å². The number of nitrogens with zero attached hydrogens (tertiary/aromatic N) is 4. The largest absolute Gasteiger partial charge is 0.336 e. The minimum atomic E-state index is -0.212. The predicted octanol–water partition coefficient (Wildman–Crippen LogP) is 3.63. The van der Waals surface area contributed by atoms with Crippen LogP contribution in [0.5, 0.6) is 0 Å². The molecule has 5 rings (SSSR count). The van der Waals surface area contributed by atoms with E-state index in [1.807, 2.05) is 54.3 Å². The van der Waals surface area contributed by atoms with Gasteiger partial charge in [-0.2, -0.15) is 4.98 Å². The maximum Gasteiger partial charge on any atom is 0.272 e. The Hall–Kier alpha value is -3.02. The summed E-state index contributed by atoms with van der Waals surface area (Å²) in [6.07, 6.45) is 3.20. The Morgan fingerprint density at radius 3 is 2.82 bits per heavy atom. The molecule has 2 atom stereocenters. The molecule has 6 nitrogen and oxygen atoms in total. The number of rotatable bonds is 3. The molecule has 1 saturated heterocycles. The number of hydrogen-bond acceptors (Lipinski definition) is 5. The van der Waals surface area contributed by atoms with Gasteiger partial charge in [0.05, 0.1) is 5.41 Å². The number of aryl methyl sites for hydroxylation is 1. The lowest BCUT2D eigenvalue weighted by Crippen LogP contribution is -2.35. The number of fused-ring (bicyclic) bond motifs is 1. The highest BCUT2D eigenvalue weighted by Crippen LogP contribution is 2.50. The van der Waals surface area contributed by atoms with Crippen molar-refractivity contribution in [1.29, 1.82) is 0 Å². The van der Waals surface area contributed by atoms with Crippen LogP contribution >= 0.6 is 0 Å². The molecule has 0 N–H and O–H groups in total. The second-order valence-corrected chi connectivity index (χ2v) is 7.88. The van der Waals surface area contributed by atoms with Crippen LogP contribution in [0.4, 0.5) is 0 Å². The topological polar surface area (TPSA) is 72.1 Å². The molecule has 1 aromatic carbocycles. The van der Waals surface area contributed by atoms with Gasteiger partial charge < -0.3 is 9.42 Å². The second-order valence-electron chi connectivity index (χ2n) is 7.88. The molecule has 0 radical (unpaired) electrons. The number of amides is 1. The van der Waals surface area contributed by atoms with E-state index in [0.29, 0.717) is 24.0 Å². The first-order valence-corrected chi connectivity index (χ1v) is 9.78. The van der Waals surface area contributed by atoms with E-state index in [1.165, 1.54) is 0 Å². The van der Waals surface area contributed by atoms with Crippen molar-refractivity contribution in [2.45, 2.75) is 31.6 Å². The molecule has 1 aliphatic heterocycles. The Balaban J connectivity index is 1.44. The Bertz CT molecular complexity index is 1020. The summed E-state index contributed by atoms with van der Waals surface area (Å²) >= 11 is 0. The molecule has 1 saturated carbocycles. The highest BCUT2D eigenvalue weighted by atomic mass is 16.5. The summed E-state index contributed by atoms with van der Waals surface area (Å²) in [5.74, 6) is 1.63. The van der Waals surface area contributed by atoms with Crippen molar-refractivity contribution in [1.82, 2.24) is 20.0 Å². The van der Waals surface area contributed by atoms with E-state index in [0.717, 1.165) is 42.9 Å². The summed E-state index contributed by atoms with van der Waals surface area (Å²) in [7, 11) is 0. The van der Waals surface area contributed by atoms with Crippen LogP contribution in [0.3, 0.4) is 0 Å². The van der Waals surface area contributed by atoms with Gasteiger partial charge in [-0.1, -0.05) is 35.8 Å². The molecule has 0 spiro atoms. The average Bonchev–Trinajstić information content (AvgIpc) is 3.42. The lowest BCUT2D eigenvalue weighted by atomic mass is 9.80. The fourth-order valence-electron chi connectivity index (χ4n) is 4.76. The van der Waals surface area contributed by atoms with Gasteiger partial charge in [0, 0.05) is 24.3 Å². The number of hydrogen-bond donors (Lipinski definition) is 0. The third kappa shape index (κ3) is 2.71. The molecule has 28 heavy (non-hydrogen) atoms. The van der Waals surface area contributed by atoms with Crippen molar-refractivity contribution in [3.63, 3.8) is 0 Å². The summed E-state index contributed by atoms with van der Waals surface area (Å²) in [6, 6.07) is 15.4. The van der Waals surface area contributed by atoms with E-state index in [4.69, 9.17) is 9.51 Å². The first kappa shape index (κ1) is 17.1. The van der Waals surface area contributed by atoms with Crippen LogP contribution in [0.25, 0.3) is 11.5 Å². The summed E-state index contributed by atoms with van der Waals surface area (Å²) in [5, 5.41) is 4.35. The molecule has 0 bridgehead atoms. The third-order valence-electron chi connectivity index (χ3n) is 6.16. The Morgan fingerprint density at radius 2 is 2.00 bits per heavy atom. The van der Waals surface area contributed by atoms with E-state index >= 15 is 0 Å². The van der Waals surface area contributed by atoms with E-state index in [9.17, 15) is 4.79 Å². The summed E-state index contributed by atoms with van der Waals surface area (Å²) in [4.78, 5) is 24.1. The zero-order valence-electron chi connectivity index (χ0n) is 15.8. The molecule has 142 valence electrons. The number of likely N-dealkylation sites (tertiary alicyclic amines) is 1. The Labute approximate surface area is 163 Å². The third-order valence-corrected chi connectivity index (χ3v) is 6.16. The molecule has 2 aromatic heterocycles. The van der Waals surface area contributed by atoms with Gasteiger partial charge in [-0.25, -0.2) is 4.98 Å². The minimum absolute atomic E-state index is 0.00995. The highest BCUT2D eigenvalue weighted by Gasteiger charge is 2.54. The Morgan fingerprint density at radius 1 is 1.14 bits per heavy atom. The molecule has 6 heteroatoms. The lowest BCUT2D eigenvalue weighted by Gasteiger charge is -2.24. The van der Waals surface area contributed by atoms with Gasteiger partial charge in [-0.3, -0.25) is 4.79 Å². The van der Waals surface area contributed by atoms with Crippen molar-refractivity contribution in [2.75, 3.05) is 13.1 Å². The van der Waals surface area contributed by atoms with Gasteiger partial charge in [0.2, 0.25) is 0 Å². The van der Waals surface area contributed by atoms with Crippen LogP contribution in [-0.4, -0.2) is 39.0 Å². The van der Waals surface area contributed by atoms with Crippen LogP contribution < -0.4 is 0 Å². The van der Waals surface area contributed by atoms with Crippen molar-refractivity contribution in [2.24, 2.45) is 5.92 Å². The van der Waals surface area contributed by atoms with Gasteiger partial charge in [0.15, 0.2) is 5.82 Å². The predicted molar refractivity (Wildman–Crippen MR) is 104 cm³/mol. The maximum atomic E-state index is 13.0. The van der Waals surface area contributed by atoms with Crippen LogP contribution in [0.2, 0.25) is 0 Å². The van der Waals surface area contributed by atoms with Gasteiger partial charge in [0.1, 0.15) is 5.69 Å². The van der Waals surface area contributed by atoms with Gasteiger partial charge in [-0.05, 0) is 49.9 Å². The molecule has 3 aromatic rings. The molecule has 2 aliphatic rings. The zero-order valence-corrected chi connectivity index (χ0v) is 15.8. The molecular formula is C22H22N4O2. The fraction of sp³-hybridized carbons (Fsp3) is 0.364. The standard InChI is InChI=1S/C22H22N4O2/c1-15-7-5-11-18(23-15)20(27)26-13-17-10-6-12-22(17,14-26)21-24-19(28-25-21)16-8-3-2-4-9-16/h2-5,7-9,11,17H,6,10,12-14H2,1H3/t17-,22-/m1/s1. The lowest BCUT2D eigenvalue weighted by molar-refractivity contribution is 0.0771. The molecule has 1 aliphatic carbocycles. The fourth-order valence-corrected chi connectivity index (χ4v) is 4.76. The van der Waals surface area contributed by atoms with Crippen LogP contribution in [0.15, 0.2) is 53.1 Å². The van der Waals surface area contributed by atoms with E-state index < -0.39 is 0 Å². The van der Waals surface area contributed by atoms with Gasteiger partial charge in [0.25, 0.3) is 11.8 Å². The van der Waals surface area contributed by atoms with Crippen LogP contribution in [0, 0.1) is 12.8 Å². The number of carbonyl (C=O) groups excluding carboxylic acids is 1. The number of pyridine rings is 1.